The molecule has 0 fully saturated rings. The summed E-state index contributed by atoms with van der Waals surface area (Å²) < 4.78 is 0. The van der Waals surface area contributed by atoms with Crippen molar-refractivity contribution in [1.82, 2.24) is 5.32 Å². The second kappa shape index (κ2) is 5.11. The minimum atomic E-state index is -0.0804. The first-order valence-corrected chi connectivity index (χ1v) is 7.16. The normalized spacial score (nSPS) is 20.1. The van der Waals surface area contributed by atoms with E-state index in [-0.39, 0.29) is 11.4 Å². The summed E-state index contributed by atoms with van der Waals surface area (Å²) in [5.74, 6) is -0.00293. The Morgan fingerprint density at radius 2 is 2.30 bits per heavy atom. The van der Waals surface area contributed by atoms with Gasteiger partial charge in [-0.25, -0.2) is 0 Å². The van der Waals surface area contributed by atoms with Gasteiger partial charge in [0.15, 0.2) is 5.50 Å². The molecule has 1 amide bonds. The number of amides is 1. The summed E-state index contributed by atoms with van der Waals surface area (Å²) in [4.78, 5) is 18.3. The number of nitrogens with zero attached hydrogens (tertiary/aromatic N) is 4. The van der Waals surface area contributed by atoms with Crippen molar-refractivity contribution < 1.29 is 4.79 Å². The van der Waals surface area contributed by atoms with E-state index in [0.29, 0.717) is 18.5 Å². The van der Waals surface area contributed by atoms with Gasteiger partial charge in [-0.15, -0.1) is 0 Å². The average Bonchev–Trinajstić information content (AvgIpc) is 2.80. The molecule has 0 bridgehead atoms. The molecule has 6 nitrogen and oxygen atoms in total. The second-order valence-corrected chi connectivity index (χ2v) is 5.69. The highest BCUT2D eigenvalue weighted by Gasteiger charge is 2.39. The molecule has 3 rings (SSSR count). The molecular formula is C13H13N5OS. The van der Waals surface area contributed by atoms with Gasteiger partial charge in [0, 0.05) is 27.6 Å². The van der Waals surface area contributed by atoms with Crippen LogP contribution in [0.25, 0.3) is 10.4 Å². The molecule has 0 spiro atoms. The lowest BCUT2D eigenvalue weighted by Gasteiger charge is -2.33. The van der Waals surface area contributed by atoms with Crippen molar-refractivity contribution in [3.05, 3.63) is 46.0 Å². The van der Waals surface area contributed by atoms with Crippen LogP contribution in [0.4, 0.5) is 5.69 Å². The fourth-order valence-corrected chi connectivity index (χ4v) is 3.68. The molecule has 1 atom stereocenters. The van der Waals surface area contributed by atoms with E-state index in [0.717, 1.165) is 16.3 Å². The molecule has 0 saturated heterocycles. The van der Waals surface area contributed by atoms with Crippen LogP contribution in [0, 0.1) is 0 Å². The largest absolute Gasteiger partial charge is 0.359 e. The Kier molecular flexibility index (Phi) is 3.30. The Labute approximate surface area is 120 Å². The monoisotopic (exact) mass is 287 g/mol. The first-order valence-electron chi connectivity index (χ1n) is 6.29. The van der Waals surface area contributed by atoms with Crippen molar-refractivity contribution in [1.29, 1.82) is 0 Å². The third-order valence-electron chi connectivity index (χ3n) is 3.39. The minimum Gasteiger partial charge on any atom is -0.359 e. The van der Waals surface area contributed by atoms with E-state index < -0.39 is 0 Å². The van der Waals surface area contributed by atoms with Crippen molar-refractivity contribution in [2.75, 3.05) is 11.4 Å². The van der Waals surface area contributed by atoms with Crippen molar-refractivity contribution in [3.63, 3.8) is 0 Å². The van der Waals surface area contributed by atoms with E-state index in [1.165, 1.54) is 0 Å². The van der Waals surface area contributed by atoms with Gasteiger partial charge in [0.1, 0.15) is 0 Å². The first-order chi connectivity index (χ1) is 9.72. The molecular weight excluding hydrogens is 274 g/mol. The quantitative estimate of drug-likeness (QED) is 0.527. The van der Waals surface area contributed by atoms with Gasteiger partial charge in [-0.05, 0) is 31.0 Å². The van der Waals surface area contributed by atoms with Crippen molar-refractivity contribution in [3.8, 4) is 0 Å². The van der Waals surface area contributed by atoms with Gasteiger partial charge in [-0.1, -0.05) is 29.0 Å². The lowest BCUT2D eigenvalue weighted by molar-refractivity contribution is -0.115. The number of hydrogen-bond donors (Lipinski definition) is 1. The maximum atomic E-state index is 12.7. The second-order valence-electron chi connectivity index (χ2n) is 4.57. The number of thioether (sulfide) groups is 1. The van der Waals surface area contributed by atoms with E-state index in [1.54, 1.807) is 16.7 Å². The standard InChI is InChI=1S/C13H13N5OS/c1-8-9(6-7-15-17-14)12(19)18-10-4-2-3-5-11(10)20-13(18)16-8/h2-5,13,16H,6-7H2,1H3. The van der Waals surface area contributed by atoms with E-state index in [2.05, 4.69) is 15.3 Å². The van der Waals surface area contributed by atoms with Crippen LogP contribution in [0.3, 0.4) is 0 Å². The Hall–Kier alpha value is -2.11. The zero-order valence-electron chi connectivity index (χ0n) is 10.9. The Balaban J connectivity index is 1.92. The highest BCUT2D eigenvalue weighted by molar-refractivity contribution is 8.00. The predicted molar refractivity (Wildman–Crippen MR) is 78.0 cm³/mol. The van der Waals surface area contributed by atoms with Gasteiger partial charge in [-0.3, -0.25) is 9.69 Å². The molecule has 0 aromatic heterocycles. The van der Waals surface area contributed by atoms with Crippen molar-refractivity contribution in [2.45, 2.75) is 23.7 Å². The lowest BCUT2D eigenvalue weighted by atomic mass is 10.1. The molecule has 0 aliphatic carbocycles. The maximum absolute atomic E-state index is 12.7. The third-order valence-corrected chi connectivity index (χ3v) is 4.54. The summed E-state index contributed by atoms with van der Waals surface area (Å²) in [5, 5.41) is 6.85. The van der Waals surface area contributed by atoms with Gasteiger partial charge in [-0.2, -0.15) is 0 Å². The van der Waals surface area contributed by atoms with Crippen LogP contribution in [-0.2, 0) is 4.79 Å². The number of benzene rings is 1. The first kappa shape index (κ1) is 12.9. The van der Waals surface area contributed by atoms with Gasteiger partial charge in [0.05, 0.1) is 5.69 Å². The summed E-state index contributed by atoms with van der Waals surface area (Å²) >= 11 is 1.64. The number of nitrogens with one attached hydrogen (secondary N) is 1. The molecule has 0 saturated carbocycles. The van der Waals surface area contributed by atoms with Crippen LogP contribution in [0.1, 0.15) is 13.3 Å². The van der Waals surface area contributed by atoms with E-state index in [4.69, 9.17) is 5.53 Å². The number of rotatable bonds is 3. The van der Waals surface area contributed by atoms with Crippen LogP contribution >= 0.6 is 11.8 Å². The molecule has 20 heavy (non-hydrogen) atoms. The van der Waals surface area contributed by atoms with E-state index >= 15 is 0 Å². The van der Waals surface area contributed by atoms with Crippen molar-refractivity contribution in [2.24, 2.45) is 5.11 Å². The van der Waals surface area contributed by atoms with Gasteiger partial charge in [0.2, 0.25) is 0 Å². The molecule has 2 aliphatic rings. The number of azide groups is 1. The zero-order chi connectivity index (χ0) is 14.1. The molecule has 0 radical (unpaired) electrons. The topological polar surface area (TPSA) is 81.1 Å². The Bertz CT molecular complexity index is 650. The molecule has 1 unspecified atom stereocenters. The predicted octanol–water partition coefficient (Wildman–Crippen LogP) is 2.99. The third kappa shape index (κ3) is 2.01. The molecule has 2 heterocycles. The smallest absolute Gasteiger partial charge is 0.258 e. The summed E-state index contributed by atoms with van der Waals surface area (Å²) in [6.07, 6.45) is 0.456. The number of fused-ring (bicyclic) bond motifs is 3. The Morgan fingerprint density at radius 1 is 1.50 bits per heavy atom. The van der Waals surface area contributed by atoms with Gasteiger partial charge in [0.25, 0.3) is 5.91 Å². The van der Waals surface area contributed by atoms with Crippen LogP contribution in [0.2, 0.25) is 0 Å². The van der Waals surface area contributed by atoms with E-state index in [9.17, 15) is 4.79 Å². The zero-order valence-corrected chi connectivity index (χ0v) is 11.7. The summed E-state index contributed by atoms with van der Waals surface area (Å²) in [6.45, 7) is 2.19. The fraction of sp³-hybridized carbons (Fsp3) is 0.308. The number of carbonyl (C=O) groups is 1. The maximum Gasteiger partial charge on any atom is 0.258 e. The number of allylic oxidation sites excluding steroid dienone is 1. The van der Waals surface area contributed by atoms with Gasteiger partial charge < -0.3 is 5.32 Å². The minimum absolute atomic E-state index is 0.00293. The van der Waals surface area contributed by atoms with Gasteiger partial charge >= 0.3 is 0 Å². The molecule has 1 aromatic carbocycles. The molecule has 7 heteroatoms. The highest BCUT2D eigenvalue weighted by atomic mass is 32.2. The van der Waals surface area contributed by atoms with Crippen molar-refractivity contribution >= 4 is 23.4 Å². The summed E-state index contributed by atoms with van der Waals surface area (Å²) in [7, 11) is 0. The van der Waals surface area contributed by atoms with Crippen LogP contribution in [0.5, 0.6) is 0 Å². The molecule has 1 N–H and O–H groups in total. The molecule has 2 aliphatic heterocycles. The number of anilines is 1. The lowest BCUT2D eigenvalue weighted by Crippen LogP contribution is -2.49. The Morgan fingerprint density at radius 3 is 3.10 bits per heavy atom. The number of para-hydroxylation sites is 1. The average molecular weight is 287 g/mol. The summed E-state index contributed by atoms with van der Waals surface area (Å²) in [6, 6.07) is 7.87. The van der Waals surface area contributed by atoms with Crippen LogP contribution < -0.4 is 10.2 Å². The van der Waals surface area contributed by atoms with Crippen LogP contribution in [0.15, 0.2) is 45.5 Å². The summed E-state index contributed by atoms with van der Waals surface area (Å²) in [5.41, 5.74) is 10.7. The van der Waals surface area contributed by atoms with Crippen LogP contribution in [-0.4, -0.2) is 17.9 Å². The number of hydrogen-bond acceptors (Lipinski definition) is 4. The number of carbonyl (C=O) groups excluding carboxylic acids is 1. The molecule has 1 aromatic rings. The fourth-order valence-electron chi connectivity index (χ4n) is 2.44. The molecule has 102 valence electrons. The highest BCUT2D eigenvalue weighted by Crippen LogP contribution is 2.44. The SMILES string of the molecule is CC1=C(CCN=[N+]=[N-])C(=O)N2c3ccccc3SC2N1. The van der Waals surface area contributed by atoms with E-state index in [1.807, 2.05) is 31.2 Å².